The van der Waals surface area contributed by atoms with Crippen molar-refractivity contribution in [3.8, 4) is 0 Å². The normalized spacial score (nSPS) is 10.4. The highest BCUT2D eigenvalue weighted by Gasteiger charge is 2.05. The van der Waals surface area contributed by atoms with Gasteiger partial charge in [0.1, 0.15) is 16.0 Å². The van der Waals surface area contributed by atoms with Crippen molar-refractivity contribution >= 4 is 40.8 Å². The lowest BCUT2D eigenvalue weighted by atomic mass is 10.5. The zero-order chi connectivity index (χ0) is 11.5. The van der Waals surface area contributed by atoms with E-state index in [-0.39, 0.29) is 0 Å². The Labute approximate surface area is 106 Å². The summed E-state index contributed by atoms with van der Waals surface area (Å²) in [6.07, 6.45) is 4.55. The van der Waals surface area contributed by atoms with Gasteiger partial charge in [0.15, 0.2) is 0 Å². The number of rotatable bonds is 2. The summed E-state index contributed by atoms with van der Waals surface area (Å²) in [5.74, 6) is 0.411. The Morgan fingerprint density at radius 3 is 2.56 bits per heavy atom. The van der Waals surface area contributed by atoms with Crippen LogP contribution in [-0.4, -0.2) is 15.0 Å². The summed E-state index contributed by atoms with van der Waals surface area (Å²) in [5.41, 5.74) is 5.57. The maximum Gasteiger partial charge on any atom is 0.147 e. The summed E-state index contributed by atoms with van der Waals surface area (Å²) in [6, 6.07) is 1.68. The Morgan fingerprint density at radius 2 is 1.88 bits per heavy atom. The number of hydrogen-bond acceptors (Lipinski definition) is 5. The van der Waals surface area contributed by atoms with Gasteiger partial charge in [0, 0.05) is 11.1 Å². The van der Waals surface area contributed by atoms with Gasteiger partial charge in [-0.3, -0.25) is 0 Å². The van der Waals surface area contributed by atoms with E-state index in [1.807, 2.05) is 0 Å². The van der Waals surface area contributed by atoms with Crippen LogP contribution in [0, 0.1) is 0 Å². The first kappa shape index (κ1) is 11.4. The van der Waals surface area contributed by atoms with Crippen molar-refractivity contribution in [2.75, 3.05) is 5.73 Å². The van der Waals surface area contributed by atoms with Gasteiger partial charge in [-0.25, -0.2) is 15.0 Å². The quantitative estimate of drug-likeness (QED) is 0.911. The fourth-order valence-electron chi connectivity index (χ4n) is 0.979. The molecule has 0 fully saturated rings. The van der Waals surface area contributed by atoms with Gasteiger partial charge in [-0.05, 0) is 6.07 Å². The standard InChI is InChI=1S/C9H6Cl2N4S/c10-5-2-14-8(12)1-6(5)16-9-4-13-7(11)3-15-9/h1-4H,(H2,12,14). The molecule has 0 aromatic carbocycles. The van der Waals surface area contributed by atoms with Gasteiger partial charge in [0.25, 0.3) is 0 Å². The molecule has 2 rings (SSSR count). The third kappa shape index (κ3) is 2.75. The van der Waals surface area contributed by atoms with Gasteiger partial charge in [-0.15, -0.1) is 0 Å². The molecule has 0 aliphatic heterocycles. The molecule has 0 saturated heterocycles. The van der Waals surface area contributed by atoms with Gasteiger partial charge in [0.05, 0.1) is 17.4 Å². The van der Waals surface area contributed by atoms with Gasteiger partial charge in [-0.2, -0.15) is 0 Å². The van der Waals surface area contributed by atoms with Crippen LogP contribution in [0.25, 0.3) is 0 Å². The average molecular weight is 273 g/mol. The summed E-state index contributed by atoms with van der Waals surface area (Å²) in [5, 5.41) is 1.57. The van der Waals surface area contributed by atoms with Crippen molar-refractivity contribution in [2.24, 2.45) is 0 Å². The summed E-state index contributed by atoms with van der Waals surface area (Å²) in [4.78, 5) is 12.7. The molecule has 2 aromatic rings. The molecule has 0 radical (unpaired) electrons. The Kier molecular flexibility index (Phi) is 3.48. The highest BCUT2D eigenvalue weighted by Crippen LogP contribution is 2.32. The molecule has 0 amide bonds. The number of anilines is 1. The minimum Gasteiger partial charge on any atom is -0.384 e. The molecule has 82 valence electrons. The summed E-state index contributed by atoms with van der Waals surface area (Å²) >= 11 is 12.9. The lowest BCUT2D eigenvalue weighted by molar-refractivity contribution is 1.05. The Balaban J connectivity index is 2.26. The topological polar surface area (TPSA) is 64.7 Å². The third-order valence-electron chi connectivity index (χ3n) is 1.65. The van der Waals surface area contributed by atoms with Crippen LogP contribution in [0.15, 0.2) is 34.6 Å². The monoisotopic (exact) mass is 272 g/mol. The molecule has 0 spiro atoms. The number of nitrogen functional groups attached to an aromatic ring is 1. The van der Waals surface area contributed by atoms with Gasteiger partial charge >= 0.3 is 0 Å². The van der Waals surface area contributed by atoms with Crippen LogP contribution in [-0.2, 0) is 0 Å². The van der Waals surface area contributed by atoms with Crippen molar-refractivity contribution in [3.63, 3.8) is 0 Å². The number of hydrogen-bond donors (Lipinski definition) is 1. The molecule has 0 aliphatic carbocycles. The van der Waals surface area contributed by atoms with Gasteiger partial charge in [-0.1, -0.05) is 35.0 Å². The van der Waals surface area contributed by atoms with E-state index < -0.39 is 0 Å². The molecule has 4 nitrogen and oxygen atoms in total. The maximum atomic E-state index is 5.96. The average Bonchev–Trinajstić information content (AvgIpc) is 2.27. The molecule has 7 heteroatoms. The van der Waals surface area contributed by atoms with E-state index in [0.717, 1.165) is 4.90 Å². The molecule has 0 aliphatic rings. The smallest absolute Gasteiger partial charge is 0.147 e. The molecule has 2 aromatic heterocycles. The van der Waals surface area contributed by atoms with Gasteiger partial charge < -0.3 is 5.73 Å². The first-order chi connectivity index (χ1) is 7.65. The van der Waals surface area contributed by atoms with Crippen molar-refractivity contribution < 1.29 is 0 Å². The van der Waals surface area contributed by atoms with Crippen molar-refractivity contribution in [1.29, 1.82) is 0 Å². The molecular weight excluding hydrogens is 267 g/mol. The minimum absolute atomic E-state index is 0.352. The van der Waals surface area contributed by atoms with Crippen molar-refractivity contribution in [2.45, 2.75) is 9.92 Å². The zero-order valence-corrected chi connectivity index (χ0v) is 10.2. The predicted octanol–water partition coefficient (Wildman–Crippen LogP) is 2.91. The molecular formula is C9H6Cl2N4S. The van der Waals surface area contributed by atoms with Crippen LogP contribution in [0.3, 0.4) is 0 Å². The molecule has 16 heavy (non-hydrogen) atoms. The second kappa shape index (κ2) is 4.86. The van der Waals surface area contributed by atoms with Crippen LogP contribution in [0.1, 0.15) is 0 Å². The fraction of sp³-hybridized carbons (Fsp3) is 0. The summed E-state index contributed by atoms with van der Waals surface area (Å²) in [6.45, 7) is 0. The molecule has 0 bridgehead atoms. The SMILES string of the molecule is Nc1cc(Sc2cnc(Cl)cn2)c(Cl)cn1. The van der Waals surface area contributed by atoms with Crippen molar-refractivity contribution in [1.82, 2.24) is 15.0 Å². The number of pyridine rings is 1. The van der Waals surface area contributed by atoms with Crippen LogP contribution in [0.5, 0.6) is 0 Å². The van der Waals surface area contributed by atoms with E-state index in [2.05, 4.69) is 15.0 Å². The van der Waals surface area contributed by atoms with Gasteiger partial charge in [0.2, 0.25) is 0 Å². The van der Waals surface area contributed by atoms with Crippen molar-refractivity contribution in [3.05, 3.63) is 34.8 Å². The summed E-state index contributed by atoms with van der Waals surface area (Å²) < 4.78 is 0. The number of nitrogens with two attached hydrogens (primary N) is 1. The highest BCUT2D eigenvalue weighted by molar-refractivity contribution is 7.99. The first-order valence-electron chi connectivity index (χ1n) is 4.21. The first-order valence-corrected chi connectivity index (χ1v) is 5.79. The lowest BCUT2D eigenvalue weighted by Gasteiger charge is -2.03. The number of nitrogens with zero attached hydrogens (tertiary/aromatic N) is 3. The number of halogens is 2. The van der Waals surface area contributed by atoms with E-state index in [9.17, 15) is 0 Å². The summed E-state index contributed by atoms with van der Waals surface area (Å²) in [7, 11) is 0. The fourth-order valence-corrected chi connectivity index (χ4v) is 2.06. The second-order valence-electron chi connectivity index (χ2n) is 2.82. The largest absolute Gasteiger partial charge is 0.384 e. The second-order valence-corrected chi connectivity index (χ2v) is 4.68. The molecule has 2 N–H and O–H groups in total. The Morgan fingerprint density at radius 1 is 1.06 bits per heavy atom. The van der Waals surface area contributed by atoms with Crippen LogP contribution < -0.4 is 5.73 Å². The highest BCUT2D eigenvalue weighted by atomic mass is 35.5. The lowest BCUT2D eigenvalue weighted by Crippen LogP contribution is -1.90. The van der Waals surface area contributed by atoms with Crippen LogP contribution in [0.2, 0.25) is 10.2 Å². The van der Waals surface area contributed by atoms with Crippen LogP contribution >= 0.6 is 35.0 Å². The Bertz CT molecular complexity index is 503. The number of aromatic nitrogens is 3. The zero-order valence-electron chi connectivity index (χ0n) is 7.89. The Hall–Kier alpha value is -1.04. The van der Waals surface area contributed by atoms with Crippen LogP contribution in [0.4, 0.5) is 5.82 Å². The van der Waals surface area contributed by atoms with E-state index in [1.165, 1.54) is 24.2 Å². The minimum atomic E-state index is 0.352. The van der Waals surface area contributed by atoms with E-state index in [4.69, 9.17) is 28.9 Å². The molecule has 0 atom stereocenters. The third-order valence-corrected chi connectivity index (χ3v) is 3.24. The molecule has 0 unspecified atom stereocenters. The van der Waals surface area contributed by atoms with E-state index in [0.29, 0.717) is 21.0 Å². The molecule has 2 heterocycles. The van der Waals surface area contributed by atoms with E-state index in [1.54, 1.807) is 12.3 Å². The molecule has 0 saturated carbocycles. The van der Waals surface area contributed by atoms with E-state index >= 15 is 0 Å². The maximum absolute atomic E-state index is 5.96. The predicted molar refractivity (Wildman–Crippen MR) is 64.8 cm³/mol.